The molecule has 1 unspecified atom stereocenters. The first-order valence-corrected chi connectivity index (χ1v) is 8.58. The molecule has 1 saturated heterocycles. The SMILES string of the molecule is Cc1cc(N(C)C)ncc1C1CCCCN1C(=O)c1ccccc1. The summed E-state index contributed by atoms with van der Waals surface area (Å²) in [7, 11) is 3.99. The van der Waals surface area contributed by atoms with Gasteiger partial charge in [0.05, 0.1) is 6.04 Å². The number of aromatic nitrogens is 1. The number of amides is 1. The topological polar surface area (TPSA) is 36.4 Å². The number of carbonyl (C=O) groups excluding carboxylic acids is 1. The predicted molar refractivity (Wildman–Crippen MR) is 97.4 cm³/mol. The zero-order valence-electron chi connectivity index (χ0n) is 14.7. The molecule has 3 rings (SSSR count). The molecule has 1 aliphatic rings. The van der Waals surface area contributed by atoms with Crippen LogP contribution in [0.2, 0.25) is 0 Å². The van der Waals surface area contributed by atoms with Crippen molar-refractivity contribution >= 4 is 11.7 Å². The number of likely N-dealkylation sites (tertiary alicyclic amines) is 1. The molecule has 0 radical (unpaired) electrons. The second kappa shape index (κ2) is 7.04. The van der Waals surface area contributed by atoms with E-state index in [2.05, 4.69) is 18.0 Å². The van der Waals surface area contributed by atoms with Crippen LogP contribution in [-0.4, -0.2) is 36.4 Å². The maximum Gasteiger partial charge on any atom is 0.254 e. The molecule has 1 amide bonds. The van der Waals surface area contributed by atoms with Crippen molar-refractivity contribution in [1.29, 1.82) is 0 Å². The Kier molecular flexibility index (Phi) is 4.84. The third-order valence-electron chi connectivity index (χ3n) is 4.74. The van der Waals surface area contributed by atoms with Crippen LogP contribution >= 0.6 is 0 Å². The van der Waals surface area contributed by atoms with Crippen molar-refractivity contribution in [3.05, 3.63) is 59.3 Å². The minimum absolute atomic E-state index is 0.121. The number of aryl methyl sites for hydroxylation is 1. The molecule has 1 aliphatic heterocycles. The molecule has 0 spiro atoms. The lowest BCUT2D eigenvalue weighted by Crippen LogP contribution is -2.38. The van der Waals surface area contributed by atoms with Gasteiger partial charge in [0.25, 0.3) is 5.91 Å². The summed E-state index contributed by atoms with van der Waals surface area (Å²) in [6.45, 7) is 2.93. The fraction of sp³-hybridized carbons (Fsp3) is 0.400. The van der Waals surface area contributed by atoms with Crippen LogP contribution in [0.4, 0.5) is 5.82 Å². The van der Waals surface area contributed by atoms with Gasteiger partial charge < -0.3 is 9.80 Å². The fourth-order valence-corrected chi connectivity index (χ4v) is 3.39. The summed E-state index contributed by atoms with van der Waals surface area (Å²) < 4.78 is 0. The average Bonchev–Trinajstić information content (AvgIpc) is 2.62. The molecule has 0 bridgehead atoms. The van der Waals surface area contributed by atoms with Gasteiger partial charge in [0.15, 0.2) is 0 Å². The van der Waals surface area contributed by atoms with Gasteiger partial charge in [-0.05, 0) is 55.5 Å². The lowest BCUT2D eigenvalue weighted by Gasteiger charge is -2.37. The minimum Gasteiger partial charge on any atom is -0.363 e. The first-order valence-electron chi connectivity index (χ1n) is 8.58. The summed E-state index contributed by atoms with van der Waals surface area (Å²) in [5.41, 5.74) is 3.14. The van der Waals surface area contributed by atoms with Gasteiger partial charge in [-0.15, -0.1) is 0 Å². The van der Waals surface area contributed by atoms with Crippen LogP contribution in [0.1, 0.15) is 46.8 Å². The highest BCUT2D eigenvalue weighted by Gasteiger charge is 2.29. The normalized spacial score (nSPS) is 17.6. The molecule has 1 fully saturated rings. The third kappa shape index (κ3) is 3.28. The van der Waals surface area contributed by atoms with Crippen molar-refractivity contribution in [1.82, 2.24) is 9.88 Å². The number of piperidine rings is 1. The Balaban J connectivity index is 1.91. The molecule has 24 heavy (non-hydrogen) atoms. The predicted octanol–water partition coefficient (Wildman–Crippen LogP) is 3.82. The summed E-state index contributed by atoms with van der Waals surface area (Å²) in [5.74, 6) is 1.07. The summed E-state index contributed by atoms with van der Waals surface area (Å²) >= 11 is 0. The number of carbonyl (C=O) groups is 1. The number of anilines is 1. The van der Waals surface area contributed by atoms with Gasteiger partial charge in [-0.2, -0.15) is 0 Å². The molecule has 0 aliphatic carbocycles. The Bertz CT molecular complexity index is 712. The Morgan fingerprint density at radius 2 is 1.96 bits per heavy atom. The zero-order chi connectivity index (χ0) is 17.1. The lowest BCUT2D eigenvalue weighted by molar-refractivity contribution is 0.0610. The third-order valence-corrected chi connectivity index (χ3v) is 4.74. The number of pyridine rings is 1. The van der Waals surface area contributed by atoms with Gasteiger partial charge in [-0.3, -0.25) is 4.79 Å². The van der Waals surface area contributed by atoms with E-state index in [1.807, 2.05) is 60.4 Å². The van der Waals surface area contributed by atoms with Crippen molar-refractivity contribution in [3.63, 3.8) is 0 Å². The molecule has 126 valence electrons. The van der Waals surface area contributed by atoms with E-state index in [0.717, 1.165) is 37.2 Å². The summed E-state index contributed by atoms with van der Waals surface area (Å²) in [6.07, 6.45) is 5.17. The van der Waals surface area contributed by atoms with E-state index in [1.54, 1.807) is 0 Å². The maximum absolute atomic E-state index is 13.0. The molecular weight excluding hydrogens is 298 g/mol. The Morgan fingerprint density at radius 3 is 2.62 bits per heavy atom. The highest BCUT2D eigenvalue weighted by atomic mass is 16.2. The van der Waals surface area contributed by atoms with Crippen LogP contribution < -0.4 is 4.90 Å². The zero-order valence-corrected chi connectivity index (χ0v) is 14.7. The standard InChI is InChI=1S/C20H25N3O/c1-15-13-19(22(2)3)21-14-17(15)18-11-7-8-12-23(18)20(24)16-9-5-4-6-10-16/h4-6,9-10,13-14,18H,7-8,11-12H2,1-3H3. The van der Waals surface area contributed by atoms with Crippen molar-refractivity contribution in [3.8, 4) is 0 Å². The molecule has 4 nitrogen and oxygen atoms in total. The van der Waals surface area contributed by atoms with Crippen molar-refractivity contribution < 1.29 is 4.79 Å². The molecule has 4 heteroatoms. The van der Waals surface area contributed by atoms with Crippen molar-refractivity contribution in [2.75, 3.05) is 25.5 Å². The van der Waals surface area contributed by atoms with Crippen LogP contribution in [0.15, 0.2) is 42.6 Å². The molecule has 1 aromatic carbocycles. The Labute approximate surface area is 144 Å². The van der Waals surface area contributed by atoms with Gasteiger partial charge in [0.2, 0.25) is 0 Å². The second-order valence-electron chi connectivity index (χ2n) is 6.67. The molecule has 1 atom stereocenters. The molecular formula is C20H25N3O. The lowest BCUT2D eigenvalue weighted by atomic mass is 9.93. The molecule has 1 aromatic heterocycles. The van der Waals surface area contributed by atoms with Crippen LogP contribution in [0.25, 0.3) is 0 Å². The number of hydrogen-bond donors (Lipinski definition) is 0. The van der Waals surface area contributed by atoms with E-state index in [1.165, 1.54) is 11.1 Å². The average molecular weight is 323 g/mol. The van der Waals surface area contributed by atoms with E-state index in [4.69, 9.17) is 0 Å². The van der Waals surface area contributed by atoms with E-state index in [0.29, 0.717) is 0 Å². The first-order chi connectivity index (χ1) is 11.6. The highest BCUT2D eigenvalue weighted by molar-refractivity contribution is 5.94. The van der Waals surface area contributed by atoms with Crippen LogP contribution in [0.3, 0.4) is 0 Å². The van der Waals surface area contributed by atoms with Gasteiger partial charge in [0.1, 0.15) is 5.82 Å². The summed E-state index contributed by atoms with van der Waals surface area (Å²) in [5, 5.41) is 0. The van der Waals surface area contributed by atoms with Gasteiger partial charge >= 0.3 is 0 Å². The van der Waals surface area contributed by atoms with Crippen molar-refractivity contribution in [2.24, 2.45) is 0 Å². The van der Waals surface area contributed by atoms with E-state index in [9.17, 15) is 4.79 Å². The number of hydrogen-bond acceptors (Lipinski definition) is 3. The Morgan fingerprint density at radius 1 is 1.21 bits per heavy atom. The van der Waals surface area contributed by atoms with Crippen LogP contribution in [-0.2, 0) is 0 Å². The van der Waals surface area contributed by atoms with E-state index < -0.39 is 0 Å². The molecule has 2 aromatic rings. The van der Waals surface area contributed by atoms with Gasteiger partial charge in [-0.25, -0.2) is 4.98 Å². The minimum atomic E-state index is 0.121. The van der Waals surface area contributed by atoms with Crippen LogP contribution in [0.5, 0.6) is 0 Å². The smallest absolute Gasteiger partial charge is 0.254 e. The summed E-state index contributed by atoms with van der Waals surface area (Å²) in [6, 6.07) is 11.8. The van der Waals surface area contributed by atoms with Crippen molar-refractivity contribution in [2.45, 2.75) is 32.2 Å². The number of nitrogens with zero attached hydrogens (tertiary/aromatic N) is 3. The number of benzene rings is 1. The Hall–Kier alpha value is -2.36. The summed E-state index contributed by atoms with van der Waals surface area (Å²) in [4.78, 5) is 21.6. The van der Waals surface area contributed by atoms with E-state index >= 15 is 0 Å². The monoisotopic (exact) mass is 323 g/mol. The van der Waals surface area contributed by atoms with Crippen LogP contribution in [0, 0.1) is 6.92 Å². The highest BCUT2D eigenvalue weighted by Crippen LogP contribution is 2.34. The molecule has 2 heterocycles. The molecule has 0 N–H and O–H groups in total. The second-order valence-corrected chi connectivity index (χ2v) is 6.67. The quantitative estimate of drug-likeness (QED) is 0.861. The van der Waals surface area contributed by atoms with Gasteiger partial charge in [0, 0.05) is 32.4 Å². The van der Waals surface area contributed by atoms with E-state index in [-0.39, 0.29) is 11.9 Å². The maximum atomic E-state index is 13.0. The van der Waals surface area contributed by atoms with Gasteiger partial charge in [-0.1, -0.05) is 18.2 Å². The fourth-order valence-electron chi connectivity index (χ4n) is 3.39. The largest absolute Gasteiger partial charge is 0.363 e. The molecule has 0 saturated carbocycles. The number of rotatable bonds is 3. The first kappa shape index (κ1) is 16.5.